The minimum atomic E-state index is -0.716. The second-order valence-electron chi connectivity index (χ2n) is 8.58. The molecule has 0 spiro atoms. The maximum atomic E-state index is 13.5. The van der Waals surface area contributed by atoms with Gasteiger partial charge in [-0.3, -0.25) is 9.59 Å². The Bertz CT molecular complexity index is 1040. The fourth-order valence-electron chi connectivity index (χ4n) is 4.53. The van der Waals surface area contributed by atoms with Gasteiger partial charge < -0.3 is 24.4 Å². The summed E-state index contributed by atoms with van der Waals surface area (Å²) in [6, 6.07) is 13.7. The van der Waals surface area contributed by atoms with Crippen LogP contribution in [0.1, 0.15) is 29.2 Å². The number of nitrogens with one attached hydrogen (secondary N) is 1. The van der Waals surface area contributed by atoms with Crippen LogP contribution in [0, 0.1) is 6.92 Å². The van der Waals surface area contributed by atoms with Crippen LogP contribution in [0.5, 0.6) is 5.75 Å². The largest absolute Gasteiger partial charge is 0.872 e. The molecule has 7 nitrogen and oxygen atoms in total. The van der Waals surface area contributed by atoms with Crippen molar-refractivity contribution in [3.05, 3.63) is 70.8 Å². The van der Waals surface area contributed by atoms with Crippen molar-refractivity contribution in [3.8, 4) is 5.75 Å². The van der Waals surface area contributed by atoms with Crippen molar-refractivity contribution in [2.75, 3.05) is 46.5 Å². The number of Topliss-reactive ketones (excluding diaryl/α,β-unsaturated/α-hetero) is 1. The first-order chi connectivity index (χ1) is 16.0. The maximum Gasteiger partial charge on any atom is 0.295 e. The molecule has 1 unspecified atom stereocenters. The molecule has 0 bridgehead atoms. The van der Waals surface area contributed by atoms with Gasteiger partial charge in [-0.05, 0) is 30.2 Å². The van der Waals surface area contributed by atoms with Gasteiger partial charge in [-0.1, -0.05) is 47.7 Å². The predicted octanol–water partition coefficient (Wildman–Crippen LogP) is 0.533. The third-order valence-corrected chi connectivity index (χ3v) is 6.38. The molecule has 7 heteroatoms. The molecule has 0 aromatic heterocycles. The Kier molecular flexibility index (Phi) is 7.11. The van der Waals surface area contributed by atoms with Crippen molar-refractivity contribution in [3.63, 3.8) is 0 Å². The van der Waals surface area contributed by atoms with E-state index >= 15 is 0 Å². The summed E-state index contributed by atoms with van der Waals surface area (Å²) < 4.78 is 10.7. The van der Waals surface area contributed by atoms with Crippen LogP contribution in [0.3, 0.4) is 0 Å². The van der Waals surface area contributed by atoms with E-state index in [0.29, 0.717) is 17.9 Å². The molecule has 2 aliphatic rings. The van der Waals surface area contributed by atoms with Gasteiger partial charge in [0.05, 0.1) is 32.9 Å². The summed E-state index contributed by atoms with van der Waals surface area (Å²) in [5.41, 5.74) is 2.18. The minimum absolute atomic E-state index is 0.0100. The fraction of sp³-hybridized carbons (Fsp3) is 0.385. The van der Waals surface area contributed by atoms with Crippen molar-refractivity contribution < 1.29 is 29.1 Å². The molecular formula is C26H30N2O5. The monoisotopic (exact) mass is 450 g/mol. The number of ketones is 1. The van der Waals surface area contributed by atoms with E-state index in [1.807, 2.05) is 31.2 Å². The number of amides is 1. The minimum Gasteiger partial charge on any atom is -0.872 e. The van der Waals surface area contributed by atoms with Crippen molar-refractivity contribution in [2.24, 2.45) is 0 Å². The fourth-order valence-corrected chi connectivity index (χ4v) is 4.53. The highest BCUT2D eigenvalue weighted by Gasteiger charge is 2.44. The first-order valence-corrected chi connectivity index (χ1v) is 11.4. The number of carbonyl (C=O) groups is 2. The van der Waals surface area contributed by atoms with Gasteiger partial charge in [0.25, 0.3) is 5.91 Å². The molecule has 0 radical (unpaired) electrons. The van der Waals surface area contributed by atoms with Gasteiger partial charge in [-0.2, -0.15) is 0 Å². The van der Waals surface area contributed by atoms with Crippen LogP contribution in [0.4, 0.5) is 0 Å². The number of carbonyl (C=O) groups excluding carboxylic acids is 2. The number of methoxy groups -OCH3 is 1. The van der Waals surface area contributed by atoms with E-state index < -0.39 is 23.5 Å². The molecule has 2 aliphatic heterocycles. The summed E-state index contributed by atoms with van der Waals surface area (Å²) in [5.74, 6) is -1.23. The molecule has 2 heterocycles. The quantitative estimate of drug-likeness (QED) is 0.378. The van der Waals surface area contributed by atoms with Crippen LogP contribution < -0.4 is 14.7 Å². The zero-order valence-electron chi connectivity index (χ0n) is 19.1. The molecular weight excluding hydrogens is 420 g/mol. The van der Waals surface area contributed by atoms with Crippen LogP contribution in [0.15, 0.2) is 54.1 Å². The molecule has 2 aromatic carbocycles. The third kappa shape index (κ3) is 4.94. The van der Waals surface area contributed by atoms with Gasteiger partial charge in [-0.25, -0.2) is 0 Å². The number of quaternary nitrogens is 1. The smallest absolute Gasteiger partial charge is 0.295 e. The lowest BCUT2D eigenvalue weighted by molar-refractivity contribution is -0.908. The Hall–Kier alpha value is -3.16. The van der Waals surface area contributed by atoms with Crippen molar-refractivity contribution >= 4 is 17.4 Å². The molecule has 1 atom stereocenters. The van der Waals surface area contributed by atoms with E-state index in [1.165, 1.54) is 12.0 Å². The van der Waals surface area contributed by atoms with E-state index in [2.05, 4.69) is 0 Å². The summed E-state index contributed by atoms with van der Waals surface area (Å²) in [6.07, 6.45) is 0.747. The molecule has 174 valence electrons. The normalized spacial score (nSPS) is 20.9. The number of aryl methyl sites for hydroxylation is 1. The summed E-state index contributed by atoms with van der Waals surface area (Å²) >= 11 is 0. The highest BCUT2D eigenvalue weighted by atomic mass is 16.5. The van der Waals surface area contributed by atoms with E-state index in [-0.39, 0.29) is 5.57 Å². The van der Waals surface area contributed by atoms with Crippen LogP contribution >= 0.6 is 0 Å². The maximum absolute atomic E-state index is 13.5. The molecule has 4 rings (SSSR count). The number of ether oxygens (including phenoxy) is 2. The second-order valence-corrected chi connectivity index (χ2v) is 8.58. The molecule has 0 aliphatic carbocycles. The molecule has 1 amide bonds. The average Bonchev–Trinajstić information content (AvgIpc) is 3.10. The Balaban J connectivity index is 1.67. The summed E-state index contributed by atoms with van der Waals surface area (Å²) in [7, 11) is 1.52. The Morgan fingerprint density at radius 2 is 1.88 bits per heavy atom. The van der Waals surface area contributed by atoms with Crippen LogP contribution in [-0.2, 0) is 14.3 Å². The number of likely N-dealkylation sites (tertiary alicyclic amines) is 1. The zero-order chi connectivity index (χ0) is 23.4. The Morgan fingerprint density at radius 1 is 1.15 bits per heavy atom. The van der Waals surface area contributed by atoms with Crippen molar-refractivity contribution in [1.82, 2.24) is 4.90 Å². The number of hydrogen-bond acceptors (Lipinski definition) is 5. The number of benzene rings is 2. The van der Waals surface area contributed by atoms with Gasteiger partial charge in [-0.15, -0.1) is 0 Å². The lowest BCUT2D eigenvalue weighted by atomic mass is 9.94. The van der Waals surface area contributed by atoms with E-state index in [9.17, 15) is 14.7 Å². The van der Waals surface area contributed by atoms with Crippen molar-refractivity contribution in [1.29, 1.82) is 0 Å². The number of morpholine rings is 1. The topological polar surface area (TPSA) is 83.3 Å². The van der Waals surface area contributed by atoms with Crippen LogP contribution in [-0.4, -0.2) is 63.1 Å². The number of nitrogens with zero attached hydrogens (tertiary/aromatic N) is 1. The van der Waals surface area contributed by atoms with Crippen molar-refractivity contribution in [2.45, 2.75) is 19.4 Å². The summed E-state index contributed by atoms with van der Waals surface area (Å²) in [6.45, 7) is 6.66. The lowest BCUT2D eigenvalue weighted by Gasteiger charge is -2.29. The third-order valence-electron chi connectivity index (χ3n) is 6.38. The Morgan fingerprint density at radius 3 is 2.58 bits per heavy atom. The van der Waals surface area contributed by atoms with Crippen LogP contribution in [0.25, 0.3) is 5.76 Å². The van der Waals surface area contributed by atoms with Crippen LogP contribution in [0.2, 0.25) is 0 Å². The molecule has 2 aromatic rings. The molecule has 2 fully saturated rings. The van der Waals surface area contributed by atoms with Gasteiger partial charge in [0.2, 0.25) is 5.78 Å². The summed E-state index contributed by atoms with van der Waals surface area (Å²) in [4.78, 5) is 29.2. The number of rotatable bonds is 7. The molecule has 33 heavy (non-hydrogen) atoms. The van der Waals surface area contributed by atoms with Gasteiger partial charge in [0, 0.05) is 18.5 Å². The predicted molar refractivity (Wildman–Crippen MR) is 122 cm³/mol. The zero-order valence-corrected chi connectivity index (χ0v) is 19.1. The lowest BCUT2D eigenvalue weighted by Crippen LogP contribution is -3.14. The van der Waals surface area contributed by atoms with E-state index in [0.717, 1.165) is 50.4 Å². The average molecular weight is 451 g/mol. The SMILES string of the molecule is COc1cccc(C([O-])=C2C(=O)C(=O)N(CCC[NH+]3CCOCC3)C2c2ccc(C)cc2)c1. The van der Waals surface area contributed by atoms with E-state index in [1.54, 1.807) is 29.2 Å². The molecule has 0 saturated carbocycles. The van der Waals surface area contributed by atoms with Gasteiger partial charge in [0.1, 0.15) is 18.8 Å². The van der Waals surface area contributed by atoms with E-state index in [4.69, 9.17) is 9.47 Å². The highest BCUT2D eigenvalue weighted by Crippen LogP contribution is 2.39. The summed E-state index contributed by atoms with van der Waals surface area (Å²) in [5, 5.41) is 13.5. The first kappa shape index (κ1) is 23.0. The standard InChI is InChI=1S/C26H30N2O5/c1-18-7-9-19(10-8-18)23-22(24(29)20-5-3-6-21(17-20)32-2)25(30)26(31)28(23)12-4-11-27-13-15-33-16-14-27/h3,5-10,17,23,29H,4,11-16H2,1-2H3. The van der Waals surface area contributed by atoms with Gasteiger partial charge >= 0.3 is 0 Å². The molecule has 1 N–H and O–H groups in total. The number of hydrogen-bond donors (Lipinski definition) is 1. The van der Waals surface area contributed by atoms with Gasteiger partial charge in [0.15, 0.2) is 0 Å². The second kappa shape index (κ2) is 10.2. The molecule has 2 saturated heterocycles. The Labute approximate surface area is 194 Å². The highest BCUT2D eigenvalue weighted by molar-refractivity contribution is 6.46. The first-order valence-electron chi connectivity index (χ1n) is 11.4.